The fourth-order valence-corrected chi connectivity index (χ4v) is 2.76. The zero-order valence-corrected chi connectivity index (χ0v) is 13.4. The third-order valence-corrected chi connectivity index (χ3v) is 3.95. The Morgan fingerprint density at radius 3 is 2.80 bits per heavy atom. The highest BCUT2D eigenvalue weighted by molar-refractivity contribution is 5.07. The average Bonchev–Trinajstić information content (AvgIpc) is 2.76. The van der Waals surface area contributed by atoms with E-state index in [1.165, 1.54) is 13.0 Å². The molecule has 20 heavy (non-hydrogen) atoms. The first-order chi connectivity index (χ1) is 9.54. The molecule has 0 bridgehead atoms. The molecule has 1 saturated heterocycles. The lowest BCUT2D eigenvalue weighted by atomic mass is 10.2. The minimum Gasteiger partial charge on any atom is -0.463 e. The molecule has 1 aromatic rings. The molecule has 1 aliphatic heterocycles. The van der Waals surface area contributed by atoms with Crippen LogP contribution in [-0.4, -0.2) is 48.6 Å². The summed E-state index contributed by atoms with van der Waals surface area (Å²) in [5, 5.41) is 3.39. The van der Waals surface area contributed by atoms with Crippen LogP contribution in [0.3, 0.4) is 0 Å². The number of hydrogen-bond acceptors (Lipinski definition) is 4. The Kier molecular flexibility index (Phi) is 5.64. The number of rotatable bonds is 5. The fourth-order valence-electron chi connectivity index (χ4n) is 2.76. The van der Waals surface area contributed by atoms with Gasteiger partial charge in [-0.05, 0) is 39.1 Å². The number of nitrogens with one attached hydrogen (secondary N) is 1. The van der Waals surface area contributed by atoms with Crippen molar-refractivity contribution in [1.82, 2.24) is 15.1 Å². The van der Waals surface area contributed by atoms with Crippen molar-refractivity contribution in [2.24, 2.45) is 0 Å². The van der Waals surface area contributed by atoms with Gasteiger partial charge in [-0.25, -0.2) is 0 Å². The summed E-state index contributed by atoms with van der Waals surface area (Å²) < 4.78 is 5.94. The first kappa shape index (κ1) is 15.5. The summed E-state index contributed by atoms with van der Waals surface area (Å²) in [4.78, 5) is 4.95. The van der Waals surface area contributed by atoms with E-state index in [1.807, 2.05) is 0 Å². The fraction of sp³-hybridized carbons (Fsp3) is 0.750. The highest BCUT2D eigenvalue weighted by Gasteiger charge is 2.20. The van der Waals surface area contributed by atoms with Crippen molar-refractivity contribution in [3.63, 3.8) is 0 Å². The van der Waals surface area contributed by atoms with Crippen LogP contribution in [0.1, 0.15) is 38.7 Å². The van der Waals surface area contributed by atoms with Crippen molar-refractivity contribution < 1.29 is 4.42 Å². The van der Waals surface area contributed by atoms with Crippen LogP contribution in [0.5, 0.6) is 0 Å². The van der Waals surface area contributed by atoms with Crippen LogP contribution >= 0.6 is 0 Å². The Hall–Kier alpha value is -0.840. The molecular formula is C16H29N3O. The monoisotopic (exact) mass is 279 g/mol. The van der Waals surface area contributed by atoms with Gasteiger partial charge in [-0.2, -0.15) is 0 Å². The van der Waals surface area contributed by atoms with Crippen molar-refractivity contribution >= 4 is 0 Å². The number of hydrogen-bond donors (Lipinski definition) is 1. The van der Waals surface area contributed by atoms with E-state index in [1.54, 1.807) is 0 Å². The summed E-state index contributed by atoms with van der Waals surface area (Å²) in [7, 11) is 2.21. The van der Waals surface area contributed by atoms with E-state index in [9.17, 15) is 0 Å². The Bertz CT molecular complexity index is 402. The van der Waals surface area contributed by atoms with Crippen LogP contribution in [0, 0.1) is 0 Å². The van der Waals surface area contributed by atoms with Crippen molar-refractivity contribution in [3.05, 3.63) is 23.7 Å². The van der Waals surface area contributed by atoms with Crippen molar-refractivity contribution in [2.75, 3.05) is 26.7 Å². The molecule has 1 fully saturated rings. The van der Waals surface area contributed by atoms with E-state index in [4.69, 9.17) is 4.42 Å². The molecule has 2 heterocycles. The second-order valence-electron chi connectivity index (χ2n) is 6.34. The van der Waals surface area contributed by atoms with E-state index in [2.05, 4.69) is 55.1 Å². The lowest BCUT2D eigenvalue weighted by Gasteiger charge is -2.26. The molecule has 0 aromatic carbocycles. The SMILES string of the molecule is CC(C)NCc1ccc(CN2CCCN(C)CC2C)o1. The van der Waals surface area contributed by atoms with Crippen LogP contribution in [0.15, 0.2) is 16.5 Å². The van der Waals surface area contributed by atoms with E-state index in [-0.39, 0.29) is 0 Å². The largest absolute Gasteiger partial charge is 0.463 e. The van der Waals surface area contributed by atoms with Gasteiger partial charge in [0.2, 0.25) is 0 Å². The second-order valence-corrected chi connectivity index (χ2v) is 6.34. The van der Waals surface area contributed by atoms with E-state index >= 15 is 0 Å². The predicted molar refractivity (Wildman–Crippen MR) is 82.7 cm³/mol. The molecule has 0 aliphatic carbocycles. The van der Waals surface area contributed by atoms with E-state index < -0.39 is 0 Å². The zero-order valence-electron chi connectivity index (χ0n) is 13.4. The van der Waals surface area contributed by atoms with Gasteiger partial charge >= 0.3 is 0 Å². The summed E-state index contributed by atoms with van der Waals surface area (Å²) in [5.41, 5.74) is 0. The maximum atomic E-state index is 5.94. The Labute approximate surface area is 123 Å². The molecule has 0 amide bonds. The number of furan rings is 1. The quantitative estimate of drug-likeness (QED) is 0.896. The molecule has 114 valence electrons. The molecule has 2 rings (SSSR count). The molecule has 4 heteroatoms. The normalized spacial score (nSPS) is 22.4. The minimum absolute atomic E-state index is 0.490. The van der Waals surface area contributed by atoms with Crippen LogP contribution in [0.4, 0.5) is 0 Å². The van der Waals surface area contributed by atoms with Crippen LogP contribution in [0.25, 0.3) is 0 Å². The third kappa shape index (κ3) is 4.62. The van der Waals surface area contributed by atoms with E-state index in [0.29, 0.717) is 12.1 Å². The molecule has 1 aliphatic rings. The first-order valence-electron chi connectivity index (χ1n) is 7.78. The molecule has 1 aromatic heterocycles. The summed E-state index contributed by atoms with van der Waals surface area (Å²) in [6.45, 7) is 11.9. The molecular weight excluding hydrogens is 250 g/mol. The molecule has 1 N–H and O–H groups in total. The Morgan fingerprint density at radius 1 is 1.30 bits per heavy atom. The van der Waals surface area contributed by atoms with Gasteiger partial charge < -0.3 is 14.6 Å². The van der Waals surface area contributed by atoms with Crippen LogP contribution < -0.4 is 5.32 Å². The maximum absolute atomic E-state index is 5.94. The number of nitrogens with zero attached hydrogens (tertiary/aromatic N) is 2. The molecule has 4 nitrogen and oxygen atoms in total. The Morgan fingerprint density at radius 2 is 2.05 bits per heavy atom. The summed E-state index contributed by atoms with van der Waals surface area (Å²) in [6, 6.07) is 5.30. The summed E-state index contributed by atoms with van der Waals surface area (Å²) >= 11 is 0. The van der Waals surface area contributed by atoms with Gasteiger partial charge in [0, 0.05) is 25.2 Å². The van der Waals surface area contributed by atoms with Gasteiger partial charge in [0.05, 0.1) is 13.1 Å². The molecule has 0 saturated carbocycles. The highest BCUT2D eigenvalue weighted by Crippen LogP contribution is 2.15. The van der Waals surface area contributed by atoms with Gasteiger partial charge in [0.15, 0.2) is 0 Å². The van der Waals surface area contributed by atoms with E-state index in [0.717, 1.165) is 37.7 Å². The molecule has 1 atom stereocenters. The average molecular weight is 279 g/mol. The lowest BCUT2D eigenvalue weighted by molar-refractivity contribution is 0.180. The second kappa shape index (κ2) is 7.25. The summed E-state index contributed by atoms with van der Waals surface area (Å²) in [6.07, 6.45) is 1.24. The minimum atomic E-state index is 0.490. The maximum Gasteiger partial charge on any atom is 0.118 e. The smallest absolute Gasteiger partial charge is 0.118 e. The molecule has 0 spiro atoms. The Balaban J connectivity index is 1.89. The van der Waals surface area contributed by atoms with Crippen LogP contribution in [-0.2, 0) is 13.1 Å². The van der Waals surface area contributed by atoms with Crippen molar-refractivity contribution in [2.45, 2.75) is 52.4 Å². The van der Waals surface area contributed by atoms with Gasteiger partial charge in [-0.1, -0.05) is 13.8 Å². The predicted octanol–water partition coefficient (Wildman–Crippen LogP) is 2.30. The van der Waals surface area contributed by atoms with Gasteiger partial charge in [0.25, 0.3) is 0 Å². The lowest BCUT2D eigenvalue weighted by Crippen LogP contribution is -2.37. The van der Waals surface area contributed by atoms with Crippen molar-refractivity contribution in [1.29, 1.82) is 0 Å². The van der Waals surface area contributed by atoms with Gasteiger partial charge in [-0.3, -0.25) is 4.90 Å². The molecule has 0 radical (unpaired) electrons. The van der Waals surface area contributed by atoms with Gasteiger partial charge in [0.1, 0.15) is 11.5 Å². The van der Waals surface area contributed by atoms with Crippen molar-refractivity contribution in [3.8, 4) is 0 Å². The topological polar surface area (TPSA) is 31.6 Å². The van der Waals surface area contributed by atoms with Crippen LogP contribution in [0.2, 0.25) is 0 Å². The number of likely N-dealkylation sites (N-methyl/N-ethyl adjacent to an activating group) is 1. The zero-order chi connectivity index (χ0) is 14.5. The standard InChI is InChI=1S/C16H29N3O/c1-13(2)17-10-15-6-7-16(20-15)12-19-9-5-8-18(4)11-14(19)3/h6-7,13-14,17H,5,8-12H2,1-4H3. The summed E-state index contributed by atoms with van der Waals surface area (Å²) in [5.74, 6) is 2.12. The van der Waals surface area contributed by atoms with Gasteiger partial charge in [-0.15, -0.1) is 0 Å². The third-order valence-electron chi connectivity index (χ3n) is 3.95. The first-order valence-corrected chi connectivity index (χ1v) is 7.78. The highest BCUT2D eigenvalue weighted by atomic mass is 16.3. The molecule has 1 unspecified atom stereocenters.